The minimum Gasteiger partial charge on any atom is -0.656 e. The zero-order valence-electron chi connectivity index (χ0n) is 22.8. The Morgan fingerprint density at radius 2 is 1.23 bits per heavy atom. The van der Waals surface area contributed by atoms with Crippen molar-refractivity contribution in [1.29, 1.82) is 0 Å². The molecule has 0 aromatic carbocycles. The van der Waals surface area contributed by atoms with E-state index in [4.69, 9.17) is 10.6 Å². The van der Waals surface area contributed by atoms with Crippen molar-refractivity contribution in [3.05, 3.63) is 108 Å². The molecule has 0 spiro atoms. The SMILES string of the molecule is CC(C)(C)[N-]C([N-]C(C)(C)C)N(c1ccccn1)c1ccccn1.Fc1c[c-]c(-c2ccccn2)c(F)n1.[Ir+3]. The van der Waals surface area contributed by atoms with Gasteiger partial charge < -0.3 is 20.5 Å². The number of hydrogen-bond acceptors (Lipinski definition) is 5. The Bertz CT molecular complexity index is 1210. The summed E-state index contributed by atoms with van der Waals surface area (Å²) in [5.41, 5.74) is -0.00729. The Balaban J connectivity index is 0.000000302. The molecule has 0 saturated heterocycles. The minimum absolute atomic E-state index is 0. The second-order valence-electron chi connectivity index (χ2n) is 10.3. The van der Waals surface area contributed by atoms with Gasteiger partial charge in [0.1, 0.15) is 23.5 Å². The van der Waals surface area contributed by atoms with Crippen LogP contribution in [0.25, 0.3) is 21.9 Å². The number of hydrogen-bond donors (Lipinski definition) is 0. The summed E-state index contributed by atoms with van der Waals surface area (Å²) in [7, 11) is 0. The van der Waals surface area contributed by atoms with Crippen LogP contribution in [0.4, 0.5) is 20.4 Å². The number of nitrogens with zero attached hydrogens (tertiary/aromatic N) is 7. The summed E-state index contributed by atoms with van der Waals surface area (Å²) in [6.07, 6.45) is 4.66. The molecule has 10 heteroatoms. The molecule has 206 valence electrons. The van der Waals surface area contributed by atoms with Crippen molar-refractivity contribution >= 4 is 11.6 Å². The van der Waals surface area contributed by atoms with E-state index in [-0.39, 0.29) is 36.7 Å². The van der Waals surface area contributed by atoms with Gasteiger partial charge in [0.2, 0.25) is 0 Å². The fraction of sp³-hybridized carbons (Fsp3) is 0.310. The van der Waals surface area contributed by atoms with Crippen LogP contribution in [0.15, 0.2) is 79.3 Å². The predicted octanol–water partition coefficient (Wildman–Crippen LogP) is 7.46. The van der Waals surface area contributed by atoms with Gasteiger partial charge in [0.25, 0.3) is 0 Å². The van der Waals surface area contributed by atoms with E-state index in [2.05, 4.69) is 67.5 Å². The summed E-state index contributed by atoms with van der Waals surface area (Å²) in [6, 6.07) is 20.1. The van der Waals surface area contributed by atoms with Gasteiger partial charge in [-0.25, -0.2) is 18.7 Å². The van der Waals surface area contributed by atoms with Gasteiger partial charge in [0, 0.05) is 18.6 Å². The Kier molecular flexibility index (Phi) is 11.7. The second-order valence-corrected chi connectivity index (χ2v) is 10.3. The van der Waals surface area contributed by atoms with Gasteiger partial charge in [-0.05, 0) is 36.0 Å². The van der Waals surface area contributed by atoms with Crippen LogP contribution >= 0.6 is 0 Å². The third kappa shape index (κ3) is 10.5. The van der Waals surface area contributed by atoms with Crippen LogP contribution in [0.1, 0.15) is 41.5 Å². The van der Waals surface area contributed by atoms with Crippen LogP contribution in [0.5, 0.6) is 0 Å². The molecule has 0 radical (unpaired) electrons. The molecule has 4 heterocycles. The van der Waals surface area contributed by atoms with Crippen molar-refractivity contribution in [3.63, 3.8) is 0 Å². The van der Waals surface area contributed by atoms with E-state index in [9.17, 15) is 8.78 Å². The van der Waals surface area contributed by atoms with Crippen molar-refractivity contribution < 1.29 is 28.9 Å². The summed E-state index contributed by atoms with van der Waals surface area (Å²) in [6.45, 7) is 12.5. The molecule has 0 aliphatic carbocycles. The van der Waals surface area contributed by atoms with Gasteiger partial charge in [-0.1, -0.05) is 77.4 Å². The van der Waals surface area contributed by atoms with Crippen molar-refractivity contribution in [3.8, 4) is 11.3 Å². The van der Waals surface area contributed by atoms with E-state index in [1.807, 2.05) is 41.3 Å². The topological polar surface area (TPSA) is 83.0 Å². The summed E-state index contributed by atoms with van der Waals surface area (Å²) in [5, 5.41) is 9.85. The number of rotatable bonds is 6. The fourth-order valence-electron chi connectivity index (χ4n) is 3.25. The molecule has 7 nitrogen and oxygen atoms in total. The summed E-state index contributed by atoms with van der Waals surface area (Å²) >= 11 is 0. The normalized spacial score (nSPS) is 11.3. The Labute approximate surface area is 242 Å². The van der Waals surface area contributed by atoms with Gasteiger partial charge in [-0.2, -0.15) is 6.29 Å². The maximum atomic E-state index is 13.1. The summed E-state index contributed by atoms with van der Waals surface area (Å²) in [4.78, 5) is 17.9. The quantitative estimate of drug-likeness (QED) is 0.154. The average molecular weight is 709 g/mol. The molecule has 0 unspecified atom stereocenters. The first-order valence-corrected chi connectivity index (χ1v) is 12.1. The molecular weight excluding hydrogens is 677 g/mol. The maximum absolute atomic E-state index is 13.1. The molecular formula is C29H32F2IrN7. The van der Waals surface area contributed by atoms with E-state index >= 15 is 0 Å². The number of aromatic nitrogens is 4. The first kappa shape index (κ1) is 32.0. The van der Waals surface area contributed by atoms with E-state index in [1.54, 1.807) is 30.6 Å². The van der Waals surface area contributed by atoms with E-state index in [1.165, 1.54) is 6.20 Å². The zero-order chi connectivity index (χ0) is 27.8. The van der Waals surface area contributed by atoms with Crippen molar-refractivity contribution in [2.45, 2.75) is 58.9 Å². The average Bonchev–Trinajstić information content (AvgIpc) is 2.84. The number of halogens is 2. The number of pyridine rings is 4. The Morgan fingerprint density at radius 3 is 1.62 bits per heavy atom. The van der Waals surface area contributed by atoms with Crippen molar-refractivity contribution in [2.75, 3.05) is 4.90 Å². The molecule has 39 heavy (non-hydrogen) atoms. The Morgan fingerprint density at radius 1 is 0.744 bits per heavy atom. The first-order chi connectivity index (χ1) is 17.9. The van der Waals surface area contributed by atoms with Gasteiger partial charge in [0.15, 0.2) is 0 Å². The molecule has 0 saturated carbocycles. The van der Waals surface area contributed by atoms with E-state index < -0.39 is 18.2 Å². The van der Waals surface area contributed by atoms with Crippen LogP contribution in [0.2, 0.25) is 0 Å². The van der Waals surface area contributed by atoms with E-state index in [0.717, 1.165) is 17.7 Å². The van der Waals surface area contributed by atoms with Crippen molar-refractivity contribution in [1.82, 2.24) is 19.9 Å². The van der Waals surface area contributed by atoms with Gasteiger partial charge in [-0.3, -0.25) is 4.98 Å². The van der Waals surface area contributed by atoms with Crippen LogP contribution in [0, 0.1) is 18.0 Å². The number of anilines is 2. The molecule has 4 rings (SSSR count). The maximum Gasteiger partial charge on any atom is 3.00 e. The monoisotopic (exact) mass is 709 g/mol. The molecule has 0 bridgehead atoms. The smallest absolute Gasteiger partial charge is 0.656 e. The summed E-state index contributed by atoms with van der Waals surface area (Å²) in [5.74, 6) is -0.227. The standard InChI is InChI=1S/C19H27N5.C10H5F2N2.Ir/c1-18(2,3)22-17(23-19(4,5)6)24(15-11-7-9-13-20-15)16-12-8-10-14-21-16;11-9-5-4-7(10(12)14-9)8-3-1-2-6-13-8;/h7-14,17H,1-6H3;1-3,5-6H;/q-2;-1;+3. The molecule has 4 aromatic heterocycles. The summed E-state index contributed by atoms with van der Waals surface area (Å²) < 4.78 is 25.6. The molecule has 0 fully saturated rings. The second kappa shape index (κ2) is 14.3. The minimum atomic E-state index is -0.899. The first-order valence-electron chi connectivity index (χ1n) is 12.1. The molecule has 0 aliphatic heterocycles. The van der Waals surface area contributed by atoms with Gasteiger partial charge in [0.05, 0.1) is 0 Å². The van der Waals surface area contributed by atoms with Crippen LogP contribution in [-0.2, 0) is 20.1 Å². The van der Waals surface area contributed by atoms with Crippen LogP contribution in [-0.4, -0.2) is 37.3 Å². The van der Waals surface area contributed by atoms with Crippen LogP contribution in [0.3, 0.4) is 0 Å². The van der Waals surface area contributed by atoms with E-state index in [0.29, 0.717) is 5.69 Å². The van der Waals surface area contributed by atoms with Gasteiger partial charge in [-0.15, -0.1) is 17.1 Å². The predicted molar refractivity (Wildman–Crippen MR) is 147 cm³/mol. The molecule has 0 atom stereocenters. The molecule has 0 N–H and O–H groups in total. The molecule has 4 aromatic rings. The van der Waals surface area contributed by atoms with Gasteiger partial charge >= 0.3 is 20.1 Å². The molecule has 0 amide bonds. The molecule has 0 aliphatic rings. The zero-order valence-corrected chi connectivity index (χ0v) is 25.2. The Hall–Kier alpha value is -3.17. The third-order valence-corrected chi connectivity index (χ3v) is 4.70. The van der Waals surface area contributed by atoms with Crippen molar-refractivity contribution in [2.24, 2.45) is 0 Å². The largest absolute Gasteiger partial charge is 3.00 e. The fourth-order valence-corrected chi connectivity index (χ4v) is 3.25. The van der Waals surface area contributed by atoms with Crippen LogP contribution < -0.4 is 4.90 Å². The third-order valence-electron chi connectivity index (χ3n) is 4.70.